The molecule has 2 aliphatic rings. The maximum absolute atomic E-state index is 13.4. The van der Waals surface area contributed by atoms with Crippen LogP contribution in [-0.4, -0.2) is 50.1 Å². The van der Waals surface area contributed by atoms with Crippen molar-refractivity contribution in [3.8, 4) is 17.2 Å². The predicted molar refractivity (Wildman–Crippen MR) is 117 cm³/mol. The van der Waals surface area contributed by atoms with Crippen LogP contribution >= 0.6 is 0 Å². The minimum Gasteiger partial charge on any atom is -0.497 e. The van der Waals surface area contributed by atoms with Crippen LogP contribution in [0.25, 0.3) is 0 Å². The molecule has 1 unspecified atom stereocenters. The third-order valence-electron chi connectivity index (χ3n) is 5.91. The van der Waals surface area contributed by atoms with Gasteiger partial charge in [0.25, 0.3) is 0 Å². The van der Waals surface area contributed by atoms with E-state index in [1.165, 1.54) is 13.2 Å². The molecule has 7 nitrogen and oxygen atoms in total. The maximum atomic E-state index is 13.4. The van der Waals surface area contributed by atoms with Crippen molar-refractivity contribution in [1.82, 2.24) is 4.90 Å². The molecule has 1 saturated heterocycles. The number of alkyl halides is 2. The molecule has 9 heteroatoms. The van der Waals surface area contributed by atoms with Gasteiger partial charge >= 0.3 is 6.61 Å². The number of carbonyl (C=O) groups excluding carboxylic acids is 2. The van der Waals surface area contributed by atoms with Crippen molar-refractivity contribution in [3.05, 3.63) is 48.0 Å². The van der Waals surface area contributed by atoms with Crippen molar-refractivity contribution in [3.63, 3.8) is 0 Å². The molecular weight excluding hydrogens is 434 g/mol. The number of ether oxygens (including phenoxy) is 3. The van der Waals surface area contributed by atoms with Crippen LogP contribution in [0.5, 0.6) is 17.2 Å². The highest BCUT2D eigenvalue weighted by atomic mass is 19.3. The average Bonchev–Trinajstić information content (AvgIpc) is 3.58. The van der Waals surface area contributed by atoms with Crippen molar-refractivity contribution in [2.24, 2.45) is 5.92 Å². The molecule has 0 bridgehead atoms. The molecule has 0 spiro atoms. The number of methoxy groups -OCH3 is 2. The minimum atomic E-state index is -2.96. The lowest BCUT2D eigenvalue weighted by molar-refractivity contribution is -0.137. The van der Waals surface area contributed by atoms with Gasteiger partial charge in [0.05, 0.1) is 20.1 Å². The molecule has 176 valence electrons. The molecule has 2 fully saturated rings. The standard InChI is InChI=1S/C24H26F2N2O5/c1-31-19-5-3-4-18(12-19)27-14-16(11-22(27)29)23(30)28(17-7-8-17)13-15-6-9-20(33-24(25)26)21(10-15)32-2/h3-6,9-10,12,16-17,24H,7-8,11,13-14H2,1-2H3. The molecule has 1 atom stereocenters. The van der Waals surface area contributed by atoms with E-state index in [2.05, 4.69) is 4.74 Å². The number of halogens is 2. The summed E-state index contributed by atoms with van der Waals surface area (Å²) < 4.78 is 40.1. The second kappa shape index (κ2) is 9.64. The van der Waals surface area contributed by atoms with Gasteiger partial charge in [-0.05, 0) is 42.7 Å². The van der Waals surface area contributed by atoms with Crippen LogP contribution in [0.15, 0.2) is 42.5 Å². The van der Waals surface area contributed by atoms with Crippen molar-refractivity contribution in [2.75, 3.05) is 25.7 Å². The Morgan fingerprint density at radius 3 is 2.58 bits per heavy atom. The summed E-state index contributed by atoms with van der Waals surface area (Å²) in [4.78, 5) is 29.5. The van der Waals surface area contributed by atoms with E-state index >= 15 is 0 Å². The van der Waals surface area contributed by atoms with Gasteiger partial charge in [0, 0.05) is 37.3 Å². The first kappa shape index (κ1) is 22.8. The summed E-state index contributed by atoms with van der Waals surface area (Å²) in [6, 6.07) is 12.0. The predicted octanol–water partition coefficient (Wildman–Crippen LogP) is 3.85. The van der Waals surface area contributed by atoms with Gasteiger partial charge in [0.2, 0.25) is 11.8 Å². The van der Waals surface area contributed by atoms with Gasteiger partial charge in [-0.15, -0.1) is 0 Å². The molecule has 0 aromatic heterocycles. The molecule has 2 amide bonds. The molecule has 2 aromatic carbocycles. The van der Waals surface area contributed by atoms with E-state index in [9.17, 15) is 18.4 Å². The zero-order valence-electron chi connectivity index (χ0n) is 18.5. The summed E-state index contributed by atoms with van der Waals surface area (Å²) in [6.07, 6.45) is 1.94. The quantitative estimate of drug-likeness (QED) is 0.569. The summed E-state index contributed by atoms with van der Waals surface area (Å²) >= 11 is 0. The van der Waals surface area contributed by atoms with E-state index in [1.54, 1.807) is 41.2 Å². The number of anilines is 1. The molecule has 2 aromatic rings. The SMILES string of the molecule is COc1cccc(N2CC(C(=O)N(Cc3ccc(OC(F)F)c(OC)c3)C3CC3)CC2=O)c1. The van der Waals surface area contributed by atoms with Crippen LogP contribution in [0.4, 0.5) is 14.5 Å². The molecule has 1 aliphatic carbocycles. The molecular formula is C24H26F2N2O5. The van der Waals surface area contributed by atoms with Crippen LogP contribution < -0.4 is 19.1 Å². The van der Waals surface area contributed by atoms with Crippen LogP contribution in [0.3, 0.4) is 0 Å². The first-order valence-electron chi connectivity index (χ1n) is 10.8. The van der Waals surface area contributed by atoms with Gasteiger partial charge in [-0.25, -0.2) is 0 Å². The average molecular weight is 460 g/mol. The highest BCUT2D eigenvalue weighted by Gasteiger charge is 2.41. The Morgan fingerprint density at radius 2 is 1.91 bits per heavy atom. The number of benzene rings is 2. The summed E-state index contributed by atoms with van der Waals surface area (Å²) in [5.74, 6) is 0.123. The van der Waals surface area contributed by atoms with Crippen LogP contribution in [0, 0.1) is 5.92 Å². The van der Waals surface area contributed by atoms with E-state index in [4.69, 9.17) is 9.47 Å². The van der Waals surface area contributed by atoms with Gasteiger partial charge in [0.15, 0.2) is 11.5 Å². The lowest BCUT2D eigenvalue weighted by atomic mass is 10.1. The second-order valence-corrected chi connectivity index (χ2v) is 8.17. The normalized spacial score (nSPS) is 17.9. The Morgan fingerprint density at radius 1 is 1.12 bits per heavy atom. The molecule has 33 heavy (non-hydrogen) atoms. The molecule has 4 rings (SSSR count). The number of rotatable bonds is 9. The number of hydrogen-bond donors (Lipinski definition) is 0. The van der Waals surface area contributed by atoms with E-state index in [-0.39, 0.29) is 35.8 Å². The number of amides is 2. The van der Waals surface area contributed by atoms with Crippen molar-refractivity contribution in [2.45, 2.75) is 38.5 Å². The fourth-order valence-corrected chi connectivity index (χ4v) is 4.11. The van der Waals surface area contributed by atoms with Crippen molar-refractivity contribution >= 4 is 17.5 Å². The Balaban J connectivity index is 1.48. The lowest BCUT2D eigenvalue weighted by Crippen LogP contribution is -2.38. The fraction of sp³-hybridized carbons (Fsp3) is 0.417. The van der Waals surface area contributed by atoms with E-state index in [0.717, 1.165) is 18.4 Å². The fourth-order valence-electron chi connectivity index (χ4n) is 4.11. The van der Waals surface area contributed by atoms with E-state index in [0.29, 0.717) is 24.5 Å². The summed E-state index contributed by atoms with van der Waals surface area (Å²) in [6.45, 7) is -2.35. The number of hydrogen-bond acceptors (Lipinski definition) is 5. The van der Waals surface area contributed by atoms with Crippen molar-refractivity contribution in [1.29, 1.82) is 0 Å². The largest absolute Gasteiger partial charge is 0.497 e. The Kier molecular flexibility index (Phi) is 6.67. The first-order chi connectivity index (χ1) is 15.9. The third kappa shape index (κ3) is 5.18. The molecule has 1 aliphatic heterocycles. The number of nitrogens with zero attached hydrogens (tertiary/aromatic N) is 2. The second-order valence-electron chi connectivity index (χ2n) is 8.17. The van der Waals surface area contributed by atoms with Gasteiger partial charge in [0.1, 0.15) is 5.75 Å². The third-order valence-corrected chi connectivity index (χ3v) is 5.91. The molecule has 1 heterocycles. The molecule has 1 saturated carbocycles. The Hall–Kier alpha value is -3.36. The first-order valence-corrected chi connectivity index (χ1v) is 10.8. The highest BCUT2D eigenvalue weighted by molar-refractivity contribution is 6.00. The van der Waals surface area contributed by atoms with Crippen LogP contribution in [0.1, 0.15) is 24.8 Å². The zero-order chi connectivity index (χ0) is 23.5. The topological polar surface area (TPSA) is 68.3 Å². The number of carbonyl (C=O) groups is 2. The van der Waals surface area contributed by atoms with Crippen LogP contribution in [-0.2, 0) is 16.1 Å². The van der Waals surface area contributed by atoms with Crippen molar-refractivity contribution < 1.29 is 32.6 Å². The Bertz CT molecular complexity index is 1030. The van der Waals surface area contributed by atoms with Gasteiger partial charge in [-0.3, -0.25) is 9.59 Å². The molecule has 0 N–H and O–H groups in total. The summed E-state index contributed by atoms with van der Waals surface area (Å²) in [5, 5.41) is 0. The summed E-state index contributed by atoms with van der Waals surface area (Å²) in [7, 11) is 2.93. The van der Waals surface area contributed by atoms with Gasteiger partial charge in [-0.2, -0.15) is 8.78 Å². The zero-order valence-corrected chi connectivity index (χ0v) is 18.5. The summed E-state index contributed by atoms with van der Waals surface area (Å²) in [5.41, 5.74) is 1.44. The monoisotopic (exact) mass is 460 g/mol. The van der Waals surface area contributed by atoms with E-state index < -0.39 is 12.5 Å². The minimum absolute atomic E-state index is 0.0594. The lowest BCUT2D eigenvalue weighted by Gasteiger charge is -2.26. The molecule has 0 radical (unpaired) electrons. The van der Waals surface area contributed by atoms with Gasteiger partial charge < -0.3 is 24.0 Å². The van der Waals surface area contributed by atoms with Gasteiger partial charge in [-0.1, -0.05) is 12.1 Å². The Labute approximate surface area is 190 Å². The maximum Gasteiger partial charge on any atom is 0.387 e. The smallest absolute Gasteiger partial charge is 0.387 e. The van der Waals surface area contributed by atoms with Crippen LogP contribution in [0.2, 0.25) is 0 Å². The van der Waals surface area contributed by atoms with E-state index in [1.807, 2.05) is 12.1 Å². The highest BCUT2D eigenvalue weighted by Crippen LogP contribution is 2.35.